The highest BCUT2D eigenvalue weighted by Gasteiger charge is 2.33. The van der Waals surface area contributed by atoms with E-state index >= 15 is 0 Å². The molecule has 1 unspecified atom stereocenters. The van der Waals surface area contributed by atoms with E-state index in [0.29, 0.717) is 12.1 Å². The zero-order valence-electron chi connectivity index (χ0n) is 11.0. The van der Waals surface area contributed by atoms with Crippen molar-refractivity contribution in [2.45, 2.75) is 32.4 Å². The molecule has 18 heavy (non-hydrogen) atoms. The maximum absolute atomic E-state index is 12.9. The molecule has 0 bridgehead atoms. The highest BCUT2D eigenvalue weighted by atomic mass is 19.1. The van der Waals surface area contributed by atoms with Gasteiger partial charge in [-0.2, -0.15) is 0 Å². The van der Waals surface area contributed by atoms with Gasteiger partial charge in [-0.3, -0.25) is 4.79 Å². The van der Waals surface area contributed by atoms with E-state index in [1.165, 1.54) is 12.1 Å². The molecule has 0 radical (unpaired) electrons. The van der Waals surface area contributed by atoms with Crippen molar-refractivity contribution >= 4 is 5.91 Å². The molecule has 1 N–H and O–H groups in total. The lowest BCUT2D eigenvalue weighted by molar-refractivity contribution is 0.0533. The first kappa shape index (κ1) is 13.0. The number of hydrogen-bond donors (Lipinski definition) is 1. The lowest BCUT2D eigenvalue weighted by Crippen LogP contribution is -2.62. The van der Waals surface area contributed by atoms with Crippen molar-refractivity contribution < 1.29 is 9.18 Å². The van der Waals surface area contributed by atoms with E-state index in [1.807, 2.05) is 11.8 Å². The number of benzene rings is 1. The summed E-state index contributed by atoms with van der Waals surface area (Å²) in [7, 11) is 0. The summed E-state index contributed by atoms with van der Waals surface area (Å²) in [5.74, 6) is -0.350. The molecule has 1 aromatic rings. The molecule has 0 aliphatic carbocycles. The Morgan fingerprint density at radius 2 is 2.00 bits per heavy atom. The van der Waals surface area contributed by atoms with Crippen LogP contribution < -0.4 is 5.32 Å². The summed E-state index contributed by atoms with van der Waals surface area (Å²) in [6.45, 7) is 7.60. The van der Waals surface area contributed by atoms with Crippen molar-refractivity contribution in [1.29, 1.82) is 0 Å². The third-order valence-electron chi connectivity index (χ3n) is 3.33. The molecule has 1 atom stereocenters. The zero-order chi connectivity index (χ0) is 13.3. The molecule has 0 saturated carbocycles. The Kier molecular flexibility index (Phi) is 3.39. The molecule has 98 valence electrons. The van der Waals surface area contributed by atoms with Crippen LogP contribution in [0.15, 0.2) is 24.3 Å². The van der Waals surface area contributed by atoms with Gasteiger partial charge in [0.15, 0.2) is 0 Å². The van der Waals surface area contributed by atoms with Crippen molar-refractivity contribution in [1.82, 2.24) is 10.2 Å². The smallest absolute Gasteiger partial charge is 0.254 e. The van der Waals surface area contributed by atoms with Crippen LogP contribution in [0.3, 0.4) is 0 Å². The number of nitrogens with zero attached hydrogens (tertiary/aromatic N) is 1. The number of carbonyl (C=O) groups is 1. The Morgan fingerprint density at radius 3 is 2.61 bits per heavy atom. The van der Waals surface area contributed by atoms with Crippen LogP contribution in [0.5, 0.6) is 0 Å². The fourth-order valence-corrected chi connectivity index (χ4v) is 2.20. The highest BCUT2D eigenvalue weighted by molar-refractivity contribution is 5.94. The van der Waals surface area contributed by atoms with Crippen molar-refractivity contribution in [2.24, 2.45) is 0 Å². The molecule has 1 aliphatic heterocycles. The lowest BCUT2D eigenvalue weighted by Gasteiger charge is -2.43. The quantitative estimate of drug-likeness (QED) is 0.827. The molecule has 1 aromatic carbocycles. The number of carbonyl (C=O) groups excluding carboxylic acids is 1. The second-order valence-electron chi connectivity index (χ2n) is 5.55. The molecule has 0 aromatic heterocycles. The number of rotatable bonds is 1. The summed E-state index contributed by atoms with van der Waals surface area (Å²) in [5, 5.41) is 3.40. The van der Waals surface area contributed by atoms with Gasteiger partial charge in [-0.1, -0.05) is 0 Å². The molecular weight excluding hydrogens is 231 g/mol. The Hall–Kier alpha value is -1.42. The Balaban J connectivity index is 2.19. The molecular formula is C14H19FN2O. The third kappa shape index (κ3) is 2.70. The van der Waals surface area contributed by atoms with Crippen LogP contribution in [0.4, 0.5) is 4.39 Å². The standard InChI is InChI=1S/C14H19FN2O/c1-10-8-16-14(2,3)9-17(10)13(18)11-4-6-12(15)7-5-11/h4-7,10,16H,8-9H2,1-3H3. The normalized spacial score (nSPS) is 22.9. The Labute approximate surface area is 107 Å². The summed E-state index contributed by atoms with van der Waals surface area (Å²) in [6.07, 6.45) is 0. The second kappa shape index (κ2) is 4.69. The fraction of sp³-hybridized carbons (Fsp3) is 0.500. The summed E-state index contributed by atoms with van der Waals surface area (Å²) >= 11 is 0. The van der Waals surface area contributed by atoms with Crippen LogP contribution >= 0.6 is 0 Å². The van der Waals surface area contributed by atoms with E-state index in [0.717, 1.165) is 6.54 Å². The lowest BCUT2D eigenvalue weighted by atomic mass is 9.98. The molecule has 2 rings (SSSR count). The van der Waals surface area contributed by atoms with Gasteiger partial charge in [0.25, 0.3) is 5.91 Å². The van der Waals surface area contributed by atoms with E-state index in [2.05, 4.69) is 19.2 Å². The van der Waals surface area contributed by atoms with E-state index in [9.17, 15) is 9.18 Å². The van der Waals surface area contributed by atoms with Gasteiger partial charge < -0.3 is 10.2 Å². The van der Waals surface area contributed by atoms with Gasteiger partial charge in [-0.25, -0.2) is 4.39 Å². The summed E-state index contributed by atoms with van der Waals surface area (Å²) in [6, 6.07) is 5.88. The molecule has 3 nitrogen and oxygen atoms in total. The largest absolute Gasteiger partial charge is 0.333 e. The minimum absolute atomic E-state index is 0.0305. The molecule has 1 saturated heterocycles. The molecule has 1 aliphatic rings. The van der Waals surface area contributed by atoms with Crippen molar-refractivity contribution in [3.8, 4) is 0 Å². The Morgan fingerprint density at radius 1 is 1.39 bits per heavy atom. The van der Waals surface area contributed by atoms with Gasteiger partial charge >= 0.3 is 0 Å². The molecule has 0 spiro atoms. The van der Waals surface area contributed by atoms with Crippen molar-refractivity contribution in [3.05, 3.63) is 35.6 Å². The van der Waals surface area contributed by atoms with Gasteiger partial charge in [-0.05, 0) is 45.0 Å². The summed E-state index contributed by atoms with van der Waals surface area (Å²) in [4.78, 5) is 14.2. The van der Waals surface area contributed by atoms with Gasteiger partial charge in [0.2, 0.25) is 0 Å². The van der Waals surface area contributed by atoms with Crippen LogP contribution in [0.1, 0.15) is 31.1 Å². The van der Waals surface area contributed by atoms with Crippen molar-refractivity contribution in [3.63, 3.8) is 0 Å². The first-order chi connectivity index (χ1) is 8.39. The third-order valence-corrected chi connectivity index (χ3v) is 3.33. The summed E-state index contributed by atoms with van der Waals surface area (Å²) < 4.78 is 12.9. The van der Waals surface area contributed by atoms with Crippen LogP contribution in [0.25, 0.3) is 0 Å². The number of piperazine rings is 1. The predicted octanol–water partition coefficient (Wildman–Crippen LogP) is 2.04. The second-order valence-corrected chi connectivity index (χ2v) is 5.55. The van der Waals surface area contributed by atoms with Crippen LogP contribution in [-0.2, 0) is 0 Å². The average Bonchev–Trinajstić information content (AvgIpc) is 2.32. The minimum Gasteiger partial charge on any atom is -0.333 e. The molecule has 4 heteroatoms. The van der Waals surface area contributed by atoms with E-state index < -0.39 is 0 Å². The monoisotopic (exact) mass is 250 g/mol. The summed E-state index contributed by atoms with van der Waals surface area (Å²) in [5.41, 5.74) is 0.461. The van der Waals surface area contributed by atoms with Gasteiger partial charge in [0, 0.05) is 30.2 Å². The SMILES string of the molecule is CC1CNC(C)(C)CN1C(=O)c1ccc(F)cc1. The van der Waals surface area contributed by atoms with Crippen LogP contribution in [0, 0.1) is 5.82 Å². The first-order valence-electron chi connectivity index (χ1n) is 6.21. The zero-order valence-corrected chi connectivity index (χ0v) is 11.0. The number of hydrogen-bond acceptors (Lipinski definition) is 2. The highest BCUT2D eigenvalue weighted by Crippen LogP contribution is 2.18. The van der Waals surface area contributed by atoms with E-state index in [1.54, 1.807) is 12.1 Å². The molecule has 1 heterocycles. The fourth-order valence-electron chi connectivity index (χ4n) is 2.20. The average molecular weight is 250 g/mol. The maximum atomic E-state index is 12.9. The first-order valence-corrected chi connectivity index (χ1v) is 6.21. The van der Waals surface area contributed by atoms with Crippen LogP contribution in [0.2, 0.25) is 0 Å². The molecule has 1 amide bonds. The topological polar surface area (TPSA) is 32.3 Å². The molecule has 1 fully saturated rings. The van der Waals surface area contributed by atoms with Gasteiger partial charge in [-0.15, -0.1) is 0 Å². The predicted molar refractivity (Wildman–Crippen MR) is 69.0 cm³/mol. The number of nitrogens with one attached hydrogen (secondary N) is 1. The van der Waals surface area contributed by atoms with Crippen LogP contribution in [-0.4, -0.2) is 35.5 Å². The number of halogens is 1. The maximum Gasteiger partial charge on any atom is 0.254 e. The van der Waals surface area contributed by atoms with E-state index in [-0.39, 0.29) is 23.3 Å². The van der Waals surface area contributed by atoms with Gasteiger partial charge in [0.1, 0.15) is 5.82 Å². The Bertz CT molecular complexity index is 442. The van der Waals surface area contributed by atoms with Gasteiger partial charge in [0.05, 0.1) is 0 Å². The minimum atomic E-state index is -0.319. The number of amides is 1. The van der Waals surface area contributed by atoms with E-state index in [4.69, 9.17) is 0 Å². The van der Waals surface area contributed by atoms with Crippen molar-refractivity contribution in [2.75, 3.05) is 13.1 Å².